The van der Waals surface area contributed by atoms with E-state index in [1.54, 1.807) is 0 Å². The third-order valence-electron chi connectivity index (χ3n) is 5.18. The first-order valence-corrected chi connectivity index (χ1v) is 9.31. The first-order chi connectivity index (χ1) is 12.2. The monoisotopic (exact) mass is 360 g/mol. The van der Waals surface area contributed by atoms with Gasteiger partial charge in [-0.05, 0) is 45.7 Å². The van der Waals surface area contributed by atoms with Gasteiger partial charge in [0.1, 0.15) is 30.5 Å². The summed E-state index contributed by atoms with van der Waals surface area (Å²) in [6.45, 7) is 10.3. The number of ether oxygens (including phenoxy) is 5. The summed E-state index contributed by atoms with van der Waals surface area (Å²) in [6.07, 6.45) is 3.30. The van der Waals surface area contributed by atoms with E-state index in [2.05, 4.69) is 31.2 Å². The lowest BCUT2D eigenvalue weighted by molar-refractivity contribution is -0.201. The van der Waals surface area contributed by atoms with Crippen LogP contribution >= 0.6 is 0 Å². The highest BCUT2D eigenvalue weighted by Crippen LogP contribution is 2.42. The van der Waals surface area contributed by atoms with Crippen LogP contribution in [0.15, 0.2) is 30.3 Å². The summed E-state index contributed by atoms with van der Waals surface area (Å²) >= 11 is 0. The molecule has 1 aromatic carbocycles. The van der Waals surface area contributed by atoms with Crippen molar-refractivity contribution in [2.45, 2.75) is 76.7 Å². The van der Waals surface area contributed by atoms with Crippen molar-refractivity contribution in [1.82, 2.24) is 0 Å². The Morgan fingerprint density at radius 1 is 0.923 bits per heavy atom. The van der Waals surface area contributed by atoms with Gasteiger partial charge in [-0.15, -0.1) is 0 Å². The van der Waals surface area contributed by atoms with Crippen LogP contribution in [0, 0.1) is 6.92 Å². The fraction of sp³-hybridized carbons (Fsp3) is 0.619. The van der Waals surface area contributed by atoms with Crippen LogP contribution in [0.25, 0.3) is 6.08 Å². The molecule has 3 fully saturated rings. The number of rotatable bonds is 3. The van der Waals surface area contributed by atoms with E-state index >= 15 is 0 Å². The average Bonchev–Trinajstić information content (AvgIpc) is 3.17. The summed E-state index contributed by atoms with van der Waals surface area (Å²) < 4.78 is 30.4. The molecule has 0 spiro atoms. The highest BCUT2D eigenvalue weighted by Gasteiger charge is 2.58. The van der Waals surface area contributed by atoms with Gasteiger partial charge >= 0.3 is 0 Å². The predicted octanol–water partition coefficient (Wildman–Crippen LogP) is 3.45. The normalized spacial score (nSPS) is 38.1. The Balaban J connectivity index is 1.55. The van der Waals surface area contributed by atoms with Crippen molar-refractivity contribution in [3.63, 3.8) is 0 Å². The number of hydrogen-bond acceptors (Lipinski definition) is 5. The molecule has 3 saturated heterocycles. The number of aryl methyl sites for hydroxylation is 1. The van der Waals surface area contributed by atoms with Gasteiger partial charge in [0.05, 0.1) is 6.61 Å². The summed E-state index contributed by atoms with van der Waals surface area (Å²) in [5.74, 6) is -1.21. The first-order valence-electron chi connectivity index (χ1n) is 9.31. The smallest absolute Gasteiger partial charge is 0.164 e. The summed E-state index contributed by atoms with van der Waals surface area (Å²) in [4.78, 5) is 0. The molecule has 0 unspecified atom stereocenters. The Kier molecular flexibility index (Phi) is 4.48. The molecule has 0 amide bonds. The lowest BCUT2D eigenvalue weighted by Gasteiger charge is -2.26. The van der Waals surface area contributed by atoms with E-state index in [-0.39, 0.29) is 30.5 Å². The molecule has 26 heavy (non-hydrogen) atoms. The Labute approximate surface area is 155 Å². The van der Waals surface area contributed by atoms with E-state index in [1.165, 1.54) is 11.1 Å². The van der Waals surface area contributed by atoms with E-state index in [1.807, 2.05) is 39.8 Å². The maximum Gasteiger partial charge on any atom is 0.164 e. The molecule has 0 saturated carbocycles. The van der Waals surface area contributed by atoms with E-state index in [4.69, 9.17) is 23.7 Å². The molecule has 3 aliphatic rings. The molecule has 142 valence electrons. The lowest BCUT2D eigenvalue weighted by atomic mass is 10.0. The van der Waals surface area contributed by atoms with Crippen LogP contribution in [0.1, 0.15) is 38.8 Å². The van der Waals surface area contributed by atoms with Crippen molar-refractivity contribution < 1.29 is 23.7 Å². The maximum atomic E-state index is 6.32. The summed E-state index contributed by atoms with van der Waals surface area (Å²) in [6, 6.07) is 8.28. The molecule has 0 aliphatic carbocycles. The Hall–Kier alpha value is -1.24. The van der Waals surface area contributed by atoms with Crippen molar-refractivity contribution in [2.75, 3.05) is 6.61 Å². The van der Waals surface area contributed by atoms with Crippen molar-refractivity contribution in [1.29, 1.82) is 0 Å². The van der Waals surface area contributed by atoms with Gasteiger partial charge in [0, 0.05) is 0 Å². The molecule has 5 heteroatoms. The predicted molar refractivity (Wildman–Crippen MR) is 97.6 cm³/mol. The quantitative estimate of drug-likeness (QED) is 0.826. The number of benzene rings is 1. The molecule has 3 aliphatic heterocycles. The molecule has 4 rings (SSSR count). The minimum Gasteiger partial charge on any atom is -0.362 e. The standard InChI is InChI=1S/C21H28O5/c1-13-8-6-7-9-14(13)10-11-15-18-19(26-21(4,5)25-18)17(23-15)16-12-22-20(2,3)24-16/h6-11,15-19H,12H2,1-5H3/b11-10+/t15-,16-,17-,18-,19+/m1/s1. The van der Waals surface area contributed by atoms with Gasteiger partial charge in [-0.1, -0.05) is 36.4 Å². The minimum atomic E-state index is -0.624. The third-order valence-corrected chi connectivity index (χ3v) is 5.18. The Morgan fingerprint density at radius 3 is 2.35 bits per heavy atom. The van der Waals surface area contributed by atoms with Crippen LogP contribution < -0.4 is 0 Å². The van der Waals surface area contributed by atoms with Crippen LogP contribution in [0.3, 0.4) is 0 Å². The van der Waals surface area contributed by atoms with E-state index in [9.17, 15) is 0 Å². The van der Waals surface area contributed by atoms with Crippen LogP contribution in [0.2, 0.25) is 0 Å². The number of hydrogen-bond donors (Lipinski definition) is 0. The van der Waals surface area contributed by atoms with Crippen molar-refractivity contribution in [3.8, 4) is 0 Å². The zero-order valence-corrected chi connectivity index (χ0v) is 16.1. The van der Waals surface area contributed by atoms with E-state index in [0.29, 0.717) is 6.61 Å². The molecule has 3 heterocycles. The molecular weight excluding hydrogens is 332 g/mol. The van der Waals surface area contributed by atoms with E-state index in [0.717, 1.165) is 0 Å². The largest absolute Gasteiger partial charge is 0.362 e. The Morgan fingerprint density at radius 2 is 1.65 bits per heavy atom. The first kappa shape index (κ1) is 18.1. The second kappa shape index (κ2) is 6.43. The van der Waals surface area contributed by atoms with Crippen molar-refractivity contribution in [2.24, 2.45) is 0 Å². The molecule has 0 N–H and O–H groups in total. The summed E-state index contributed by atoms with van der Waals surface area (Å²) in [5.41, 5.74) is 2.41. The van der Waals surface area contributed by atoms with Gasteiger partial charge in [-0.25, -0.2) is 0 Å². The highest BCUT2D eigenvalue weighted by atomic mass is 16.8. The van der Waals surface area contributed by atoms with Gasteiger partial charge in [-0.3, -0.25) is 0 Å². The molecule has 0 radical (unpaired) electrons. The summed E-state index contributed by atoms with van der Waals surface area (Å²) in [7, 11) is 0. The van der Waals surface area contributed by atoms with Gasteiger partial charge in [-0.2, -0.15) is 0 Å². The van der Waals surface area contributed by atoms with Crippen molar-refractivity contribution in [3.05, 3.63) is 41.5 Å². The van der Waals surface area contributed by atoms with Crippen LogP contribution in [-0.4, -0.2) is 48.7 Å². The molecular formula is C21H28O5. The topological polar surface area (TPSA) is 46.2 Å². The van der Waals surface area contributed by atoms with Gasteiger partial charge in [0.25, 0.3) is 0 Å². The maximum absolute atomic E-state index is 6.32. The fourth-order valence-corrected chi connectivity index (χ4v) is 3.97. The Bertz CT molecular complexity index is 695. The highest BCUT2D eigenvalue weighted by molar-refractivity contribution is 5.54. The molecule has 5 nitrogen and oxygen atoms in total. The lowest BCUT2D eigenvalue weighted by Crippen LogP contribution is -2.40. The van der Waals surface area contributed by atoms with Crippen LogP contribution in [0.5, 0.6) is 0 Å². The molecule has 0 aromatic heterocycles. The zero-order valence-electron chi connectivity index (χ0n) is 16.1. The van der Waals surface area contributed by atoms with Gasteiger partial charge < -0.3 is 23.7 Å². The molecule has 1 aromatic rings. The van der Waals surface area contributed by atoms with Gasteiger partial charge in [0.2, 0.25) is 0 Å². The van der Waals surface area contributed by atoms with Crippen LogP contribution in [-0.2, 0) is 23.7 Å². The van der Waals surface area contributed by atoms with E-state index < -0.39 is 11.6 Å². The second-order valence-electron chi connectivity index (χ2n) is 8.21. The van der Waals surface area contributed by atoms with Crippen molar-refractivity contribution >= 4 is 6.08 Å². The third kappa shape index (κ3) is 3.47. The zero-order chi connectivity index (χ0) is 18.5. The average molecular weight is 360 g/mol. The SMILES string of the molecule is Cc1ccccc1/C=C/[C@H]1O[C@H]([C@H]2COC(C)(C)O2)[C@@H]2OC(C)(C)O[C@@H]21. The molecule has 5 atom stereocenters. The summed E-state index contributed by atoms with van der Waals surface area (Å²) in [5, 5.41) is 0. The van der Waals surface area contributed by atoms with Crippen LogP contribution in [0.4, 0.5) is 0 Å². The number of fused-ring (bicyclic) bond motifs is 1. The second-order valence-corrected chi connectivity index (χ2v) is 8.21. The fourth-order valence-electron chi connectivity index (χ4n) is 3.97. The molecule has 0 bridgehead atoms. The minimum absolute atomic E-state index is 0.150. The van der Waals surface area contributed by atoms with Gasteiger partial charge in [0.15, 0.2) is 11.6 Å².